The molecule has 1 aromatic carbocycles. The summed E-state index contributed by atoms with van der Waals surface area (Å²) >= 11 is 0. The maximum Gasteiger partial charge on any atom is 0.350 e. The molecule has 0 saturated heterocycles. The Labute approximate surface area is 207 Å². The van der Waals surface area contributed by atoms with Gasteiger partial charge in [0.1, 0.15) is 18.1 Å². The lowest BCUT2D eigenvalue weighted by Crippen LogP contribution is -2.46. The van der Waals surface area contributed by atoms with Gasteiger partial charge in [-0.25, -0.2) is 4.79 Å². The number of methoxy groups -OCH3 is 1. The van der Waals surface area contributed by atoms with Gasteiger partial charge in [-0.05, 0) is 110 Å². The van der Waals surface area contributed by atoms with Crippen LogP contribution in [0.15, 0.2) is 34.9 Å². The van der Waals surface area contributed by atoms with E-state index in [1.165, 1.54) is 16.7 Å². The first-order valence-electron chi connectivity index (χ1n) is 12.5. The Kier molecular flexibility index (Phi) is 10.0. The van der Waals surface area contributed by atoms with E-state index >= 15 is 0 Å². The van der Waals surface area contributed by atoms with Gasteiger partial charge in [0.15, 0.2) is 0 Å². The van der Waals surface area contributed by atoms with Gasteiger partial charge in [0.25, 0.3) is 0 Å². The van der Waals surface area contributed by atoms with Crippen molar-refractivity contribution in [2.24, 2.45) is 0 Å². The molecular weight excluding hydrogens is 424 g/mol. The minimum atomic E-state index is -0.974. The molecule has 0 spiro atoms. The van der Waals surface area contributed by atoms with Crippen molar-refractivity contribution in [3.63, 3.8) is 0 Å². The fourth-order valence-corrected chi connectivity index (χ4v) is 4.44. The van der Waals surface area contributed by atoms with Crippen molar-refractivity contribution in [1.82, 2.24) is 0 Å². The van der Waals surface area contributed by atoms with Gasteiger partial charge >= 0.3 is 5.97 Å². The van der Waals surface area contributed by atoms with Gasteiger partial charge in [0.05, 0.1) is 7.11 Å². The van der Waals surface area contributed by atoms with E-state index in [0.717, 1.165) is 65.9 Å². The summed E-state index contributed by atoms with van der Waals surface area (Å²) in [5, 5.41) is 0. The number of carbonyl (C=O) groups is 1. The average Bonchev–Trinajstić information content (AvgIpc) is 2.77. The van der Waals surface area contributed by atoms with Gasteiger partial charge < -0.3 is 14.2 Å². The highest BCUT2D eigenvalue weighted by Gasteiger charge is 2.42. The van der Waals surface area contributed by atoms with Gasteiger partial charge in [0.2, 0.25) is 5.60 Å². The normalized spacial score (nSPS) is 18.1. The summed E-state index contributed by atoms with van der Waals surface area (Å²) in [6, 6.07) is 0. The summed E-state index contributed by atoms with van der Waals surface area (Å²) in [5.41, 5.74) is 7.36. The molecule has 34 heavy (non-hydrogen) atoms. The molecule has 1 aliphatic heterocycles. The maximum absolute atomic E-state index is 13.0. The van der Waals surface area contributed by atoms with E-state index in [2.05, 4.69) is 46.8 Å². The van der Waals surface area contributed by atoms with Crippen LogP contribution in [0.2, 0.25) is 0 Å². The molecular formula is C30H44O4. The Balaban J connectivity index is 1.92. The van der Waals surface area contributed by atoms with Crippen molar-refractivity contribution in [2.45, 2.75) is 99.5 Å². The van der Waals surface area contributed by atoms with Crippen LogP contribution < -0.4 is 9.47 Å². The summed E-state index contributed by atoms with van der Waals surface area (Å²) in [5.74, 6) is 1.41. The van der Waals surface area contributed by atoms with Crippen LogP contribution in [0.1, 0.15) is 89.0 Å². The third kappa shape index (κ3) is 7.01. The first kappa shape index (κ1) is 27.8. The number of hydrogen-bond donors (Lipinski definition) is 0. The van der Waals surface area contributed by atoms with Crippen LogP contribution in [0.25, 0.3) is 0 Å². The molecule has 0 aromatic heterocycles. The van der Waals surface area contributed by atoms with E-state index in [-0.39, 0.29) is 12.6 Å². The molecule has 1 aliphatic rings. The summed E-state index contributed by atoms with van der Waals surface area (Å²) in [6.07, 6.45) is 12.2. The number of benzene rings is 1. The molecule has 4 nitrogen and oxygen atoms in total. The van der Waals surface area contributed by atoms with Crippen molar-refractivity contribution in [3.8, 4) is 11.5 Å². The second-order valence-corrected chi connectivity index (χ2v) is 10.1. The van der Waals surface area contributed by atoms with Crippen LogP contribution >= 0.6 is 0 Å². The van der Waals surface area contributed by atoms with Crippen LogP contribution in [0.4, 0.5) is 0 Å². The third-order valence-corrected chi connectivity index (χ3v) is 6.90. The molecule has 0 bridgehead atoms. The van der Waals surface area contributed by atoms with Crippen LogP contribution in [0, 0.1) is 20.8 Å². The van der Waals surface area contributed by atoms with Crippen molar-refractivity contribution in [1.29, 1.82) is 0 Å². The molecule has 0 aliphatic carbocycles. The van der Waals surface area contributed by atoms with Crippen LogP contribution in [0.3, 0.4) is 0 Å². The summed E-state index contributed by atoms with van der Waals surface area (Å²) in [6.45, 7) is 16.8. The van der Waals surface area contributed by atoms with E-state index in [0.29, 0.717) is 6.42 Å². The van der Waals surface area contributed by atoms with E-state index in [1.54, 1.807) is 7.11 Å². The zero-order valence-corrected chi connectivity index (χ0v) is 22.8. The molecule has 0 N–H and O–H groups in total. The molecule has 0 fully saturated rings. The topological polar surface area (TPSA) is 44.8 Å². The van der Waals surface area contributed by atoms with Crippen molar-refractivity contribution in [2.75, 3.05) is 13.7 Å². The van der Waals surface area contributed by atoms with Crippen molar-refractivity contribution in [3.05, 3.63) is 57.2 Å². The second kappa shape index (κ2) is 12.3. The summed E-state index contributed by atoms with van der Waals surface area (Å²) in [7, 11) is 1.70. The molecule has 0 radical (unpaired) electrons. The fourth-order valence-electron chi connectivity index (χ4n) is 4.44. The standard InChI is InChI=1S/C30H44O4/c1-20(2)12-10-13-21(3)14-11-15-22(4)17-19-33-29(31)30(8)18-16-26-25(7)27(32-9)23(5)24(6)28(26)34-30/h12,14,17H,10-11,13,15-16,18-19H2,1-9H3/b21-14+,22-17+. The Hall–Kier alpha value is -2.49. The molecule has 1 atom stereocenters. The zero-order chi connectivity index (χ0) is 25.5. The SMILES string of the molecule is COc1c(C)c(C)c2c(c1C)CCC(C)(C(=O)OC/C=C(\C)CC/C=C(\C)CCC=C(C)C)O2. The van der Waals surface area contributed by atoms with Gasteiger partial charge in [-0.3, -0.25) is 0 Å². The number of hydrogen-bond acceptors (Lipinski definition) is 4. The Bertz CT molecular complexity index is 976. The van der Waals surface area contributed by atoms with Crippen molar-refractivity contribution < 1.29 is 19.0 Å². The van der Waals surface area contributed by atoms with Gasteiger partial charge in [-0.15, -0.1) is 0 Å². The number of ether oxygens (including phenoxy) is 3. The third-order valence-electron chi connectivity index (χ3n) is 6.90. The molecule has 1 aromatic rings. The summed E-state index contributed by atoms with van der Waals surface area (Å²) < 4.78 is 17.5. The predicted molar refractivity (Wildman–Crippen MR) is 141 cm³/mol. The fraction of sp³-hybridized carbons (Fsp3) is 0.567. The average molecular weight is 469 g/mol. The second-order valence-electron chi connectivity index (χ2n) is 10.1. The maximum atomic E-state index is 13.0. The first-order chi connectivity index (χ1) is 16.0. The minimum Gasteiger partial charge on any atom is -0.496 e. The molecule has 2 rings (SSSR count). The number of esters is 1. The lowest BCUT2D eigenvalue weighted by Gasteiger charge is -2.36. The van der Waals surface area contributed by atoms with E-state index in [9.17, 15) is 4.79 Å². The van der Waals surface area contributed by atoms with E-state index in [1.807, 2.05) is 26.8 Å². The lowest BCUT2D eigenvalue weighted by molar-refractivity contribution is -0.161. The Morgan fingerprint density at radius 3 is 2.18 bits per heavy atom. The molecule has 0 saturated carbocycles. The molecule has 1 heterocycles. The summed E-state index contributed by atoms with van der Waals surface area (Å²) in [4.78, 5) is 13.0. The van der Waals surface area contributed by atoms with E-state index in [4.69, 9.17) is 14.2 Å². The minimum absolute atomic E-state index is 0.277. The van der Waals surface area contributed by atoms with Gasteiger partial charge in [0, 0.05) is 12.0 Å². The molecule has 188 valence electrons. The Morgan fingerprint density at radius 2 is 1.56 bits per heavy atom. The number of rotatable bonds is 10. The lowest BCUT2D eigenvalue weighted by atomic mass is 9.87. The number of carbonyl (C=O) groups excluding carboxylic acids is 1. The molecule has 4 heteroatoms. The highest BCUT2D eigenvalue weighted by molar-refractivity contribution is 5.80. The highest BCUT2D eigenvalue weighted by atomic mass is 16.6. The van der Waals surface area contributed by atoms with Gasteiger partial charge in [-0.1, -0.05) is 28.9 Å². The predicted octanol–water partition coefficient (Wildman–Crippen LogP) is 7.67. The quantitative estimate of drug-likeness (QED) is 0.261. The largest absolute Gasteiger partial charge is 0.496 e. The first-order valence-corrected chi connectivity index (χ1v) is 12.5. The van der Waals surface area contributed by atoms with Gasteiger partial charge in [-0.2, -0.15) is 0 Å². The van der Waals surface area contributed by atoms with Crippen LogP contribution in [0.5, 0.6) is 11.5 Å². The van der Waals surface area contributed by atoms with Crippen molar-refractivity contribution >= 4 is 5.97 Å². The number of allylic oxidation sites excluding steroid dienone is 5. The van der Waals surface area contributed by atoms with E-state index < -0.39 is 5.60 Å². The van der Waals surface area contributed by atoms with Crippen LogP contribution in [-0.4, -0.2) is 25.3 Å². The Morgan fingerprint density at radius 1 is 0.941 bits per heavy atom. The monoisotopic (exact) mass is 468 g/mol. The zero-order valence-electron chi connectivity index (χ0n) is 22.8. The smallest absolute Gasteiger partial charge is 0.350 e. The molecule has 0 amide bonds. The highest BCUT2D eigenvalue weighted by Crippen LogP contribution is 2.43. The molecule has 1 unspecified atom stereocenters. The van der Waals surface area contributed by atoms with Crippen LogP contribution in [-0.2, 0) is 16.0 Å². The number of fused-ring (bicyclic) bond motifs is 1.